The van der Waals surface area contributed by atoms with E-state index >= 15 is 0 Å². The van der Waals surface area contributed by atoms with Crippen LogP contribution < -0.4 is 4.90 Å². The Morgan fingerprint density at radius 2 is 2.00 bits per heavy atom. The molecule has 152 valence electrons. The fourth-order valence-electron chi connectivity index (χ4n) is 2.86. The van der Waals surface area contributed by atoms with Gasteiger partial charge >= 0.3 is 0 Å². The molecule has 0 N–H and O–H groups in total. The molecule has 0 fully saturated rings. The van der Waals surface area contributed by atoms with Gasteiger partial charge in [0, 0.05) is 24.8 Å². The zero-order valence-corrected chi connectivity index (χ0v) is 18.3. The van der Waals surface area contributed by atoms with E-state index in [1.54, 1.807) is 17.0 Å². The van der Waals surface area contributed by atoms with Crippen molar-refractivity contribution in [2.75, 3.05) is 32.1 Å². The monoisotopic (exact) mass is 425 g/mol. The van der Waals surface area contributed by atoms with Crippen LogP contribution in [-0.4, -0.2) is 52.8 Å². The minimum Gasteiger partial charge on any atom is -0.308 e. The largest absolute Gasteiger partial charge is 0.308 e. The number of para-hydroxylation sites is 1. The van der Waals surface area contributed by atoms with Crippen LogP contribution in [0.2, 0.25) is 0 Å². The van der Waals surface area contributed by atoms with Gasteiger partial charge in [-0.25, -0.2) is 9.37 Å². The summed E-state index contributed by atoms with van der Waals surface area (Å²) in [5.41, 5.74) is 1.60. The van der Waals surface area contributed by atoms with Gasteiger partial charge in [0.15, 0.2) is 10.8 Å². The number of anilines is 1. The zero-order chi connectivity index (χ0) is 19.7. The van der Waals surface area contributed by atoms with Gasteiger partial charge in [-0.05, 0) is 53.1 Å². The minimum absolute atomic E-state index is 0. The Kier molecular flexibility index (Phi) is 7.14. The molecule has 28 heavy (non-hydrogen) atoms. The third kappa shape index (κ3) is 4.51. The summed E-state index contributed by atoms with van der Waals surface area (Å²) >= 11 is 1.31. The number of nitrogens with zero attached hydrogens (tertiary/aromatic N) is 5. The molecule has 0 radical (unpaired) electrons. The van der Waals surface area contributed by atoms with Crippen molar-refractivity contribution in [1.29, 1.82) is 0 Å². The molecule has 9 heteroatoms. The van der Waals surface area contributed by atoms with Crippen molar-refractivity contribution in [3.63, 3.8) is 0 Å². The van der Waals surface area contributed by atoms with Crippen LogP contribution in [-0.2, 0) is 0 Å². The van der Waals surface area contributed by atoms with Gasteiger partial charge in [0.05, 0.1) is 4.70 Å². The highest BCUT2D eigenvalue weighted by molar-refractivity contribution is 7.22. The second-order valence-corrected chi connectivity index (χ2v) is 8.06. The lowest BCUT2D eigenvalue weighted by Gasteiger charge is -2.21. The first-order valence-electron chi connectivity index (χ1n) is 8.85. The molecule has 0 aliphatic carbocycles. The third-order valence-corrected chi connectivity index (χ3v) is 5.28. The number of rotatable bonds is 6. The molecule has 0 spiro atoms. The number of aryl methyl sites for hydroxylation is 1. The van der Waals surface area contributed by atoms with Crippen molar-refractivity contribution in [1.82, 2.24) is 19.7 Å². The summed E-state index contributed by atoms with van der Waals surface area (Å²) in [4.78, 5) is 21.2. The molecule has 0 aliphatic heterocycles. The number of amides is 1. The smallest absolute Gasteiger partial charge is 0.280 e. The highest BCUT2D eigenvalue weighted by Gasteiger charge is 2.25. The lowest BCUT2D eigenvalue weighted by Crippen LogP contribution is -2.37. The molecule has 0 bridgehead atoms. The summed E-state index contributed by atoms with van der Waals surface area (Å²) in [6.07, 6.45) is 0. The van der Waals surface area contributed by atoms with Crippen LogP contribution in [0.4, 0.5) is 9.52 Å². The Bertz CT molecular complexity index is 969. The van der Waals surface area contributed by atoms with Crippen molar-refractivity contribution in [2.24, 2.45) is 0 Å². The standard InChI is InChI=1S/C19H24FN5OS.ClH/c1-12(2)25-13(3)11-15(22-25)18(26)24(10-9-23(4)5)19-21-17-14(20)7-6-8-16(17)27-19;/h6-8,11-12H,9-10H2,1-5H3;1H. The van der Waals surface area contributed by atoms with Crippen LogP contribution in [0.25, 0.3) is 10.2 Å². The lowest BCUT2D eigenvalue weighted by atomic mass is 10.3. The number of thiazole rings is 1. The lowest BCUT2D eigenvalue weighted by molar-refractivity contribution is 0.0979. The summed E-state index contributed by atoms with van der Waals surface area (Å²) in [7, 11) is 3.89. The average molecular weight is 426 g/mol. The molecule has 0 unspecified atom stereocenters. The van der Waals surface area contributed by atoms with Crippen molar-refractivity contribution >= 4 is 45.0 Å². The molecule has 3 aromatic rings. The molecule has 6 nitrogen and oxygen atoms in total. The van der Waals surface area contributed by atoms with Crippen LogP contribution in [0.15, 0.2) is 24.3 Å². The first kappa shape index (κ1) is 22.3. The molecule has 3 rings (SSSR count). The SMILES string of the molecule is Cc1cc(C(=O)N(CCN(C)C)c2nc3c(F)cccc3s2)nn1C(C)C.Cl. The highest BCUT2D eigenvalue weighted by Crippen LogP contribution is 2.31. The number of benzene rings is 1. The van der Waals surface area contributed by atoms with Gasteiger partial charge in [0.2, 0.25) is 0 Å². The van der Waals surface area contributed by atoms with Crippen LogP contribution in [0.1, 0.15) is 36.1 Å². The summed E-state index contributed by atoms with van der Waals surface area (Å²) in [5.74, 6) is -0.603. The van der Waals surface area contributed by atoms with E-state index in [1.165, 1.54) is 17.4 Å². The maximum absolute atomic E-state index is 14.1. The van der Waals surface area contributed by atoms with Gasteiger partial charge < -0.3 is 4.90 Å². The summed E-state index contributed by atoms with van der Waals surface area (Å²) in [5, 5.41) is 4.95. The van der Waals surface area contributed by atoms with Crippen molar-refractivity contribution in [3.8, 4) is 0 Å². The number of fused-ring (bicyclic) bond motifs is 1. The second-order valence-electron chi connectivity index (χ2n) is 7.05. The van der Waals surface area contributed by atoms with Gasteiger partial charge in [0.1, 0.15) is 11.3 Å². The number of aromatic nitrogens is 3. The van der Waals surface area contributed by atoms with Gasteiger partial charge in [-0.1, -0.05) is 17.4 Å². The van der Waals surface area contributed by atoms with Crippen molar-refractivity contribution < 1.29 is 9.18 Å². The average Bonchev–Trinajstić information content (AvgIpc) is 3.19. The molecular weight excluding hydrogens is 401 g/mol. The normalized spacial score (nSPS) is 11.3. The maximum atomic E-state index is 14.1. The number of carbonyl (C=O) groups is 1. The maximum Gasteiger partial charge on any atom is 0.280 e. The molecule has 1 aromatic carbocycles. The Balaban J connectivity index is 0.00000280. The van der Waals surface area contributed by atoms with E-state index in [2.05, 4.69) is 10.1 Å². The number of carbonyl (C=O) groups excluding carboxylic acids is 1. The Labute approximate surface area is 174 Å². The van der Waals surface area contributed by atoms with E-state index in [-0.39, 0.29) is 30.2 Å². The van der Waals surface area contributed by atoms with Gasteiger partial charge in [-0.15, -0.1) is 12.4 Å². The van der Waals surface area contributed by atoms with Crippen LogP contribution in [0, 0.1) is 12.7 Å². The highest BCUT2D eigenvalue weighted by atomic mass is 35.5. The first-order chi connectivity index (χ1) is 12.8. The Morgan fingerprint density at radius 3 is 2.57 bits per heavy atom. The summed E-state index contributed by atoms with van der Waals surface area (Å²) in [6, 6.07) is 6.80. The van der Waals surface area contributed by atoms with E-state index in [9.17, 15) is 9.18 Å². The Morgan fingerprint density at radius 1 is 1.29 bits per heavy atom. The summed E-state index contributed by atoms with van der Waals surface area (Å²) in [6.45, 7) is 7.08. The predicted molar refractivity (Wildman–Crippen MR) is 114 cm³/mol. The molecule has 1 amide bonds. The van der Waals surface area contributed by atoms with E-state index in [4.69, 9.17) is 0 Å². The molecule has 2 heterocycles. The first-order valence-corrected chi connectivity index (χ1v) is 9.67. The topological polar surface area (TPSA) is 54.3 Å². The van der Waals surface area contributed by atoms with E-state index in [1.807, 2.05) is 50.5 Å². The molecular formula is C19H25ClFN5OS. The fourth-order valence-corrected chi connectivity index (χ4v) is 3.86. The van der Waals surface area contributed by atoms with Crippen LogP contribution in [0.3, 0.4) is 0 Å². The Hall–Kier alpha value is -2.03. The number of likely N-dealkylation sites (N-methyl/N-ethyl adjacent to an activating group) is 1. The molecule has 2 aromatic heterocycles. The number of hydrogen-bond donors (Lipinski definition) is 0. The van der Waals surface area contributed by atoms with E-state index in [0.29, 0.717) is 29.4 Å². The van der Waals surface area contributed by atoms with Gasteiger partial charge in [-0.2, -0.15) is 5.10 Å². The fraction of sp³-hybridized carbons (Fsp3) is 0.421. The van der Waals surface area contributed by atoms with Crippen LogP contribution >= 0.6 is 23.7 Å². The zero-order valence-electron chi connectivity index (χ0n) is 16.6. The third-order valence-electron chi connectivity index (χ3n) is 4.24. The number of halogens is 2. The number of hydrogen-bond acceptors (Lipinski definition) is 5. The quantitative estimate of drug-likeness (QED) is 0.595. The van der Waals surface area contributed by atoms with Crippen LogP contribution in [0.5, 0.6) is 0 Å². The van der Waals surface area contributed by atoms with Gasteiger partial charge in [0.25, 0.3) is 5.91 Å². The van der Waals surface area contributed by atoms with Gasteiger partial charge in [-0.3, -0.25) is 14.4 Å². The van der Waals surface area contributed by atoms with E-state index in [0.717, 1.165) is 10.4 Å². The molecule has 0 atom stereocenters. The van der Waals surface area contributed by atoms with Crippen molar-refractivity contribution in [2.45, 2.75) is 26.8 Å². The summed E-state index contributed by atoms with van der Waals surface area (Å²) < 4.78 is 16.6. The predicted octanol–water partition coefficient (Wildman–Crippen LogP) is 4.15. The molecule has 0 saturated carbocycles. The second kappa shape index (κ2) is 8.98. The van der Waals surface area contributed by atoms with E-state index < -0.39 is 0 Å². The van der Waals surface area contributed by atoms with Crippen molar-refractivity contribution in [3.05, 3.63) is 41.5 Å². The molecule has 0 aliphatic rings. The molecule has 0 saturated heterocycles. The minimum atomic E-state index is -0.380.